The molecule has 6 amide bonds. The van der Waals surface area contributed by atoms with Gasteiger partial charge in [-0.15, -0.1) is 0 Å². The van der Waals surface area contributed by atoms with Crippen molar-refractivity contribution in [2.75, 3.05) is 26.2 Å². The van der Waals surface area contributed by atoms with E-state index in [1.54, 1.807) is 48.5 Å². The van der Waals surface area contributed by atoms with Gasteiger partial charge in [-0.25, -0.2) is 0 Å². The van der Waals surface area contributed by atoms with Gasteiger partial charge < -0.3 is 20.0 Å². The van der Waals surface area contributed by atoms with E-state index in [-0.39, 0.29) is 60.6 Å². The second-order valence-electron chi connectivity index (χ2n) is 18.9. The average Bonchev–Trinajstić information content (AvgIpc) is 3.76. The molecule has 0 aromatic heterocycles. The second-order valence-corrected chi connectivity index (χ2v) is 18.9. The number of carboxylic acid groups (broad SMARTS) is 2. The molecule has 10 rings (SSSR count). The van der Waals surface area contributed by atoms with Crippen molar-refractivity contribution >= 4 is 47.4 Å². The van der Waals surface area contributed by atoms with Gasteiger partial charge in [0.25, 0.3) is 23.6 Å². The van der Waals surface area contributed by atoms with Crippen molar-refractivity contribution in [3.8, 4) is 0 Å². The first-order valence-corrected chi connectivity index (χ1v) is 24.1. The summed E-state index contributed by atoms with van der Waals surface area (Å²) in [6.45, 7) is 1.40. The number of benzene rings is 4. The van der Waals surface area contributed by atoms with E-state index in [1.807, 2.05) is 58.3 Å². The lowest BCUT2D eigenvalue weighted by atomic mass is 9.77. The van der Waals surface area contributed by atoms with Gasteiger partial charge in [-0.1, -0.05) is 98.5 Å². The molecule has 2 fully saturated rings. The Balaban J connectivity index is 0.000000170. The van der Waals surface area contributed by atoms with Gasteiger partial charge in [-0.3, -0.25) is 48.2 Å². The van der Waals surface area contributed by atoms with Crippen molar-refractivity contribution in [3.05, 3.63) is 142 Å². The fourth-order valence-electron chi connectivity index (χ4n) is 11.7. The summed E-state index contributed by atoms with van der Waals surface area (Å²) in [5.41, 5.74) is 5.98. The molecular weight excluding hydrogens is 865 g/mol. The topological polar surface area (TPSA) is 190 Å². The lowest BCUT2D eigenvalue weighted by molar-refractivity contribution is -0.153. The standard InChI is InChI=1S/2C27H28N2O5/c2*30-24(21-11-5-6-12-22(21)27(33)34)28-15-13-17-7-1-2-8-18(17)23(28)14-16-29-25(31)19-9-3-4-10-20(19)26(29)32/h2*1-4,7-10,21-23H,5-6,11-16H2,(H,33,34)/t2*21-,22+,23-/m10/s1. The average molecular weight is 921 g/mol. The number of carbonyl (C=O) groups is 8. The summed E-state index contributed by atoms with van der Waals surface area (Å²) in [6, 6.07) is 28.9. The number of rotatable bonds is 10. The number of nitrogens with zero attached hydrogens (tertiary/aromatic N) is 4. The zero-order valence-corrected chi connectivity index (χ0v) is 38.0. The number of aliphatic carboxylic acids is 2. The van der Waals surface area contributed by atoms with Crippen LogP contribution in [0.1, 0.15) is 140 Å². The summed E-state index contributed by atoms with van der Waals surface area (Å²) in [4.78, 5) is 109. The van der Waals surface area contributed by atoms with Gasteiger partial charge in [-0.05, 0) is 97.9 Å². The first-order valence-electron chi connectivity index (χ1n) is 24.1. The van der Waals surface area contributed by atoms with Gasteiger partial charge in [-0.2, -0.15) is 0 Å². The zero-order valence-electron chi connectivity index (χ0n) is 38.0. The molecule has 6 aliphatic rings. The highest BCUT2D eigenvalue weighted by atomic mass is 16.4. The summed E-state index contributed by atoms with van der Waals surface area (Å²) < 4.78 is 0. The van der Waals surface area contributed by atoms with Crippen molar-refractivity contribution in [3.63, 3.8) is 0 Å². The van der Waals surface area contributed by atoms with Crippen LogP contribution in [0.5, 0.6) is 0 Å². The van der Waals surface area contributed by atoms with Crippen LogP contribution in [-0.2, 0) is 32.0 Å². The molecule has 4 aromatic carbocycles. The van der Waals surface area contributed by atoms with E-state index >= 15 is 0 Å². The predicted octanol–water partition coefficient (Wildman–Crippen LogP) is 7.38. The van der Waals surface area contributed by atoms with Gasteiger partial charge in [0.1, 0.15) is 0 Å². The van der Waals surface area contributed by atoms with E-state index in [0.29, 0.717) is 86.7 Å². The van der Waals surface area contributed by atoms with E-state index in [1.165, 1.54) is 9.80 Å². The Morgan fingerprint density at radius 2 is 0.750 bits per heavy atom. The van der Waals surface area contributed by atoms with Crippen molar-refractivity contribution < 1.29 is 48.6 Å². The highest BCUT2D eigenvalue weighted by Crippen LogP contribution is 2.41. The molecule has 2 saturated carbocycles. The quantitative estimate of drug-likeness (QED) is 0.152. The normalized spacial score (nSPS) is 24.1. The van der Waals surface area contributed by atoms with Crippen LogP contribution < -0.4 is 0 Å². The number of fused-ring (bicyclic) bond motifs is 4. The van der Waals surface area contributed by atoms with Crippen LogP contribution in [0.2, 0.25) is 0 Å². The smallest absolute Gasteiger partial charge is 0.307 e. The SMILES string of the molecule is O=C(O)[C@@H]1CCCC[C@@H]1C(=O)N1CCc2ccccc2[C@@H]1CCN1C(=O)c2ccccc2C1=O.O=C(O)[C@H]1CCCC[C@H]1C(=O)N1CCc2ccccc2[C@H]1CCN1C(=O)c2ccccc2C1=O. The number of imide groups is 2. The lowest BCUT2D eigenvalue weighted by Gasteiger charge is -2.41. The first-order chi connectivity index (χ1) is 32.9. The molecule has 14 nitrogen and oxygen atoms in total. The van der Waals surface area contributed by atoms with Gasteiger partial charge in [0.2, 0.25) is 11.8 Å². The molecule has 0 unspecified atom stereocenters. The molecule has 0 radical (unpaired) electrons. The van der Waals surface area contributed by atoms with Crippen LogP contribution in [0.3, 0.4) is 0 Å². The largest absolute Gasteiger partial charge is 0.481 e. The molecule has 6 atom stereocenters. The highest BCUT2D eigenvalue weighted by molar-refractivity contribution is 6.22. The van der Waals surface area contributed by atoms with Crippen LogP contribution in [0.4, 0.5) is 0 Å². The van der Waals surface area contributed by atoms with E-state index in [2.05, 4.69) is 0 Å². The summed E-state index contributed by atoms with van der Waals surface area (Å²) in [5.74, 6) is -5.63. The molecule has 0 bridgehead atoms. The summed E-state index contributed by atoms with van der Waals surface area (Å²) in [7, 11) is 0. The first kappa shape index (κ1) is 46.2. The van der Waals surface area contributed by atoms with Crippen LogP contribution in [0, 0.1) is 23.7 Å². The Kier molecular flexibility index (Phi) is 13.4. The molecule has 0 spiro atoms. The maximum absolute atomic E-state index is 13.7. The Hall–Kier alpha value is -6.96. The predicted molar refractivity (Wildman–Crippen MR) is 248 cm³/mol. The lowest BCUT2D eigenvalue weighted by Crippen LogP contribution is -2.47. The third kappa shape index (κ3) is 8.72. The monoisotopic (exact) mass is 920 g/mol. The number of hydrogen-bond acceptors (Lipinski definition) is 8. The Morgan fingerprint density at radius 1 is 0.441 bits per heavy atom. The second kappa shape index (κ2) is 19.7. The Bertz CT molecular complexity index is 2430. The third-order valence-electron chi connectivity index (χ3n) is 15.2. The summed E-state index contributed by atoms with van der Waals surface area (Å²) in [6.07, 6.45) is 7.81. The number of carboxylic acids is 2. The summed E-state index contributed by atoms with van der Waals surface area (Å²) >= 11 is 0. The molecule has 4 heterocycles. The molecular formula is C54H56N4O10. The molecule has 2 aliphatic carbocycles. The zero-order chi connectivity index (χ0) is 47.6. The minimum atomic E-state index is -0.905. The fraction of sp³-hybridized carbons (Fsp3) is 0.407. The molecule has 352 valence electrons. The number of hydrogen-bond donors (Lipinski definition) is 2. The highest BCUT2D eigenvalue weighted by Gasteiger charge is 2.44. The van der Waals surface area contributed by atoms with Crippen LogP contribution in [0.25, 0.3) is 0 Å². The molecule has 4 aliphatic heterocycles. The van der Waals surface area contributed by atoms with Crippen molar-refractivity contribution in [2.24, 2.45) is 23.7 Å². The van der Waals surface area contributed by atoms with Crippen molar-refractivity contribution in [2.45, 2.75) is 89.1 Å². The van der Waals surface area contributed by atoms with Crippen molar-refractivity contribution in [1.29, 1.82) is 0 Å². The molecule has 2 N–H and O–H groups in total. The molecule has 14 heteroatoms. The van der Waals surface area contributed by atoms with Gasteiger partial charge in [0.05, 0.1) is 58.0 Å². The third-order valence-corrected chi connectivity index (χ3v) is 15.2. The number of amides is 6. The van der Waals surface area contributed by atoms with Crippen molar-refractivity contribution in [1.82, 2.24) is 19.6 Å². The van der Waals surface area contributed by atoms with Crippen LogP contribution in [-0.4, -0.2) is 103 Å². The van der Waals surface area contributed by atoms with E-state index < -0.39 is 35.6 Å². The van der Waals surface area contributed by atoms with Crippen LogP contribution >= 0.6 is 0 Å². The van der Waals surface area contributed by atoms with E-state index in [0.717, 1.165) is 47.9 Å². The van der Waals surface area contributed by atoms with Crippen LogP contribution in [0.15, 0.2) is 97.1 Å². The minimum Gasteiger partial charge on any atom is -0.481 e. The minimum absolute atomic E-state index is 0.117. The van der Waals surface area contributed by atoms with Gasteiger partial charge >= 0.3 is 11.9 Å². The van der Waals surface area contributed by atoms with E-state index in [9.17, 15) is 48.6 Å². The fourth-order valence-corrected chi connectivity index (χ4v) is 11.7. The van der Waals surface area contributed by atoms with E-state index in [4.69, 9.17) is 0 Å². The Morgan fingerprint density at radius 3 is 1.09 bits per heavy atom. The molecule has 68 heavy (non-hydrogen) atoms. The summed E-state index contributed by atoms with van der Waals surface area (Å²) in [5, 5.41) is 19.4. The van der Waals surface area contributed by atoms with Gasteiger partial charge in [0.15, 0.2) is 0 Å². The molecule has 0 saturated heterocycles. The number of carbonyl (C=O) groups excluding carboxylic acids is 6. The Labute approximate surface area is 394 Å². The molecule has 4 aromatic rings. The van der Waals surface area contributed by atoms with Gasteiger partial charge in [0, 0.05) is 26.2 Å². The maximum Gasteiger partial charge on any atom is 0.307 e. The maximum atomic E-state index is 13.7.